The van der Waals surface area contributed by atoms with Crippen LogP contribution >= 0.6 is 0 Å². The maximum absolute atomic E-state index is 6.12. The van der Waals surface area contributed by atoms with Gasteiger partial charge in [-0.15, -0.1) is 49.0 Å². The number of hydrogen-bond donors (Lipinski definition) is 0. The van der Waals surface area contributed by atoms with Crippen LogP contribution in [-0.2, 0) is 21.1 Å². The molecule has 0 amide bonds. The smallest absolute Gasteiger partial charge is 0.561 e. The van der Waals surface area contributed by atoms with Crippen molar-refractivity contribution in [3.05, 3.63) is 138 Å². The molecular weight excluding hydrogens is 651 g/mol. The second kappa shape index (κ2) is 11.4. The molecule has 38 heavy (non-hydrogen) atoms. The molecule has 0 saturated heterocycles. The Bertz CT molecular complexity index is 1470. The van der Waals surface area contributed by atoms with Gasteiger partial charge in [0.25, 0.3) is 0 Å². The first kappa shape index (κ1) is 26.0. The van der Waals surface area contributed by atoms with E-state index in [-0.39, 0.29) is 27.1 Å². The molecule has 4 aromatic carbocycles. The second-order valence-electron chi connectivity index (χ2n) is 9.12. The molecule has 0 fully saturated rings. The molecule has 0 spiro atoms. The maximum atomic E-state index is 6.12. The minimum absolute atomic E-state index is 0. The molecule has 0 aromatic heterocycles. The molecule has 190 valence electrons. The zero-order valence-electron chi connectivity index (χ0n) is 21.1. The van der Waals surface area contributed by atoms with Gasteiger partial charge in [0.05, 0.1) is 0 Å². The Morgan fingerprint density at radius 2 is 1.39 bits per heavy atom. The van der Waals surface area contributed by atoms with Crippen molar-refractivity contribution in [1.29, 1.82) is 0 Å². The molecule has 0 saturated carbocycles. The number of rotatable bonds is 6. The predicted molar refractivity (Wildman–Crippen MR) is 150 cm³/mol. The quantitative estimate of drug-likeness (QED) is 0.193. The van der Waals surface area contributed by atoms with E-state index in [1.54, 1.807) is 0 Å². The van der Waals surface area contributed by atoms with Gasteiger partial charge in [-0.2, -0.15) is 12.1 Å². The molecule has 5 nitrogen and oxygen atoms in total. The van der Waals surface area contributed by atoms with Crippen LogP contribution in [0.25, 0.3) is 27.6 Å². The molecule has 0 bridgehead atoms. The summed E-state index contributed by atoms with van der Waals surface area (Å²) >= 11 is 0. The Kier molecular flexibility index (Phi) is 7.80. The first-order valence-electron chi connectivity index (χ1n) is 12.4. The zero-order chi connectivity index (χ0) is 25.2. The first-order chi connectivity index (χ1) is 18.1. The fraction of sp³-hybridized carbons (Fsp3) is 0.125. The van der Waals surface area contributed by atoms with Crippen molar-refractivity contribution in [2.45, 2.75) is 19.9 Å². The summed E-state index contributed by atoms with van der Waals surface area (Å²) in [6.07, 6.45) is 4.18. The van der Waals surface area contributed by atoms with Crippen LogP contribution in [0, 0.1) is 12.1 Å². The molecule has 4 aromatic rings. The van der Waals surface area contributed by atoms with Crippen molar-refractivity contribution >= 4 is 16.9 Å². The Hall–Kier alpha value is -3.63. The minimum atomic E-state index is 0. The van der Waals surface area contributed by atoms with Crippen LogP contribution in [0.5, 0.6) is 11.5 Å². The summed E-state index contributed by atoms with van der Waals surface area (Å²) in [7, 11) is 0. The van der Waals surface area contributed by atoms with Crippen molar-refractivity contribution in [3.8, 4) is 22.6 Å². The molecule has 2 aliphatic heterocycles. The van der Waals surface area contributed by atoms with Crippen molar-refractivity contribution in [1.82, 2.24) is 0 Å². The van der Waals surface area contributed by atoms with Crippen molar-refractivity contribution in [2.75, 3.05) is 16.6 Å². The molecule has 1 atom stereocenters. The van der Waals surface area contributed by atoms with E-state index >= 15 is 0 Å². The van der Waals surface area contributed by atoms with Crippen molar-refractivity contribution in [3.63, 3.8) is 0 Å². The van der Waals surface area contributed by atoms with Gasteiger partial charge in [-0.3, -0.25) is 0 Å². The fourth-order valence-corrected chi connectivity index (χ4v) is 4.55. The number of allylic oxidation sites excluding steroid dienone is 1. The first-order valence-corrected chi connectivity index (χ1v) is 12.4. The Morgan fingerprint density at radius 1 is 0.763 bits per heavy atom. The summed E-state index contributed by atoms with van der Waals surface area (Å²) in [5.74, 6) is 1.22. The van der Waals surface area contributed by atoms with E-state index in [0.29, 0.717) is 18.0 Å². The topological polar surface area (TPSA) is 43.9 Å². The van der Waals surface area contributed by atoms with Crippen LogP contribution in [0.1, 0.15) is 19.4 Å². The summed E-state index contributed by atoms with van der Waals surface area (Å²) < 4.78 is 6.12. The van der Waals surface area contributed by atoms with Crippen LogP contribution in [0.2, 0.25) is 0 Å². The van der Waals surface area contributed by atoms with Gasteiger partial charge < -0.3 is 25.6 Å². The number of ether oxygens (including phenoxy) is 1. The van der Waals surface area contributed by atoms with Gasteiger partial charge in [-0.05, 0) is 41.1 Å². The molecule has 6 heteroatoms. The monoisotopic (exact) mass is 677 g/mol. The number of hydrogen-bond acceptors (Lipinski definition) is 3. The van der Waals surface area contributed by atoms with Gasteiger partial charge in [-0.25, -0.2) is 0 Å². The fourth-order valence-electron chi connectivity index (χ4n) is 4.55. The normalized spacial score (nSPS) is 16.6. The summed E-state index contributed by atoms with van der Waals surface area (Å²) in [5, 5.41) is 3.77. The second-order valence-corrected chi connectivity index (χ2v) is 9.12. The maximum Gasteiger partial charge on any atom is 4.00 e. The van der Waals surface area contributed by atoms with E-state index in [0.717, 1.165) is 28.2 Å². The van der Waals surface area contributed by atoms with Gasteiger partial charge in [0, 0.05) is 11.5 Å². The van der Waals surface area contributed by atoms with Crippen LogP contribution in [-0.4, -0.2) is 12.6 Å². The average molecular weight is 678 g/mol. The van der Waals surface area contributed by atoms with E-state index in [1.807, 2.05) is 59.4 Å². The van der Waals surface area contributed by atoms with E-state index in [1.165, 1.54) is 11.1 Å². The number of nitrogens with zero attached hydrogens (tertiary/aromatic N) is 4. The zero-order valence-corrected chi connectivity index (χ0v) is 23.4. The molecule has 2 aliphatic rings. The molecule has 1 unspecified atom stereocenters. The third-order valence-corrected chi connectivity index (χ3v) is 6.35. The predicted octanol–water partition coefficient (Wildman–Crippen LogP) is 8.29. The molecular formula is C32H26N4OPt. The molecule has 6 rings (SSSR count). The third kappa shape index (κ3) is 5.61. The van der Waals surface area contributed by atoms with Gasteiger partial charge in [-0.1, -0.05) is 79.0 Å². The van der Waals surface area contributed by atoms with Gasteiger partial charge in [0.1, 0.15) is 0 Å². The van der Waals surface area contributed by atoms with Crippen molar-refractivity contribution in [2.24, 2.45) is 0 Å². The Labute approximate surface area is 238 Å². The average Bonchev–Trinajstić information content (AvgIpc) is 3.56. The summed E-state index contributed by atoms with van der Waals surface area (Å²) in [5.41, 5.74) is 16.8. The minimum Gasteiger partial charge on any atom is -0.561 e. The molecule has 0 radical (unpaired) electrons. The molecule has 0 aliphatic carbocycles. The largest absolute Gasteiger partial charge is 4.00 e. The number of benzene rings is 4. The van der Waals surface area contributed by atoms with Crippen molar-refractivity contribution < 1.29 is 25.8 Å². The number of anilines is 2. The molecule has 0 N–H and O–H groups in total. The third-order valence-electron chi connectivity index (χ3n) is 6.35. The van der Waals surface area contributed by atoms with Gasteiger partial charge in [0.15, 0.2) is 0 Å². The van der Waals surface area contributed by atoms with E-state index < -0.39 is 0 Å². The van der Waals surface area contributed by atoms with Gasteiger partial charge in [0.2, 0.25) is 0 Å². The standard InChI is InChI=1S/C32H26N4O.Pt/c1-23-18-24(2)36(34-23)30-11-7-13-32(20-30)37-31-12-6-10-29(19-31)35-22-28(21-33-35)27-16-14-26(15-17-27)25-8-4-3-5-9-25;/h3-18,22-23H,21H2,1-2H3;/q-4;+4. The van der Waals surface area contributed by atoms with E-state index in [9.17, 15) is 0 Å². The Morgan fingerprint density at radius 3 is 2.08 bits per heavy atom. The van der Waals surface area contributed by atoms with E-state index in [4.69, 9.17) is 10.2 Å². The Balaban J connectivity index is 0.00000294. The summed E-state index contributed by atoms with van der Waals surface area (Å²) in [6.45, 7) is 4.72. The summed E-state index contributed by atoms with van der Waals surface area (Å²) in [6, 6.07) is 37.5. The summed E-state index contributed by atoms with van der Waals surface area (Å²) in [4.78, 5) is 0. The SMILES string of the molecule is CC1=CC(C)[N-]N1c1[c-]c(Oc2[c-]c(N3C=C(c4ccc(-c5ccccc5)cc4)C[N-]3)ccc2)ccc1.[Pt+4]. The van der Waals surface area contributed by atoms with Crippen LogP contribution in [0.3, 0.4) is 0 Å². The van der Waals surface area contributed by atoms with E-state index in [2.05, 4.69) is 85.3 Å². The van der Waals surface area contributed by atoms with Crippen LogP contribution < -0.4 is 14.8 Å². The van der Waals surface area contributed by atoms with Crippen LogP contribution in [0.4, 0.5) is 11.4 Å². The molecule has 2 heterocycles. The van der Waals surface area contributed by atoms with Crippen LogP contribution in [0.15, 0.2) is 109 Å². The van der Waals surface area contributed by atoms with Gasteiger partial charge >= 0.3 is 21.1 Å².